The fourth-order valence-electron chi connectivity index (χ4n) is 1.86. The summed E-state index contributed by atoms with van der Waals surface area (Å²) in [6.07, 6.45) is 6.81. The molecule has 0 atom stereocenters. The van der Waals surface area contributed by atoms with Crippen LogP contribution in [0.5, 0.6) is 0 Å². The molecule has 0 spiro atoms. The van der Waals surface area contributed by atoms with Crippen LogP contribution in [0.15, 0.2) is 43.0 Å². The Kier molecular flexibility index (Phi) is 5.85. The van der Waals surface area contributed by atoms with Crippen molar-refractivity contribution in [2.24, 2.45) is 0 Å². The first-order valence-corrected chi connectivity index (χ1v) is 7.16. The summed E-state index contributed by atoms with van der Waals surface area (Å²) in [4.78, 5) is 22.2. The molecule has 0 aliphatic carbocycles. The first-order chi connectivity index (χ1) is 10.6. The van der Waals surface area contributed by atoms with Gasteiger partial charge in [0.2, 0.25) is 0 Å². The lowest BCUT2D eigenvalue weighted by Gasteiger charge is -2.11. The summed E-state index contributed by atoms with van der Waals surface area (Å²) in [6.45, 7) is 2.05. The van der Waals surface area contributed by atoms with Crippen LogP contribution in [-0.4, -0.2) is 48.0 Å². The van der Waals surface area contributed by atoms with Gasteiger partial charge in [-0.25, -0.2) is 0 Å². The predicted octanol–water partition coefficient (Wildman–Crippen LogP) is 1.38. The van der Waals surface area contributed by atoms with Crippen LogP contribution in [0.3, 0.4) is 0 Å². The molecular weight excluding hydrogens is 278 g/mol. The van der Waals surface area contributed by atoms with Gasteiger partial charge in [0.25, 0.3) is 5.91 Å². The summed E-state index contributed by atoms with van der Waals surface area (Å²) in [5.74, 6) is -0.112. The number of pyridine rings is 2. The van der Waals surface area contributed by atoms with Gasteiger partial charge in [-0.05, 0) is 31.8 Å². The van der Waals surface area contributed by atoms with Crippen LogP contribution in [0, 0.1) is 0 Å². The molecular formula is C16H21N5O. The topological polar surface area (TPSA) is 70.2 Å². The van der Waals surface area contributed by atoms with Crippen molar-refractivity contribution >= 4 is 11.6 Å². The van der Waals surface area contributed by atoms with Crippen LogP contribution in [0.4, 0.5) is 5.69 Å². The average molecular weight is 299 g/mol. The maximum Gasteiger partial charge on any atom is 0.252 e. The Bertz CT molecular complexity index is 600. The zero-order valence-corrected chi connectivity index (χ0v) is 12.9. The second kappa shape index (κ2) is 8.09. The van der Waals surface area contributed by atoms with E-state index in [-0.39, 0.29) is 5.91 Å². The Balaban J connectivity index is 1.90. The summed E-state index contributed by atoms with van der Waals surface area (Å²) in [6, 6.07) is 5.68. The van der Waals surface area contributed by atoms with Crippen molar-refractivity contribution in [3.05, 3.63) is 54.1 Å². The minimum absolute atomic E-state index is 0.112. The van der Waals surface area contributed by atoms with Gasteiger partial charge < -0.3 is 15.5 Å². The Morgan fingerprint density at radius 3 is 2.82 bits per heavy atom. The van der Waals surface area contributed by atoms with Crippen molar-refractivity contribution in [3.63, 3.8) is 0 Å². The maximum atomic E-state index is 12.0. The number of hydrogen-bond donors (Lipinski definition) is 2. The standard InChI is InChI=1S/C16H21N5O/c1-21(2)7-6-19-16(22)14-8-15(12-18-11-14)20-10-13-4-3-5-17-9-13/h3-5,8-9,11-12,20H,6-7,10H2,1-2H3,(H,19,22). The van der Waals surface area contributed by atoms with Crippen molar-refractivity contribution in [1.82, 2.24) is 20.2 Å². The molecule has 2 N–H and O–H groups in total. The van der Waals surface area contributed by atoms with E-state index in [1.807, 2.05) is 31.1 Å². The number of rotatable bonds is 7. The minimum atomic E-state index is -0.112. The van der Waals surface area contributed by atoms with Gasteiger partial charge in [0.1, 0.15) is 0 Å². The van der Waals surface area contributed by atoms with E-state index in [1.54, 1.807) is 30.9 Å². The van der Waals surface area contributed by atoms with Gasteiger partial charge in [-0.3, -0.25) is 14.8 Å². The fraction of sp³-hybridized carbons (Fsp3) is 0.312. The van der Waals surface area contributed by atoms with E-state index in [9.17, 15) is 4.79 Å². The molecule has 2 aromatic rings. The van der Waals surface area contributed by atoms with Gasteiger partial charge in [0, 0.05) is 44.4 Å². The highest BCUT2D eigenvalue weighted by Gasteiger charge is 2.06. The number of nitrogens with one attached hydrogen (secondary N) is 2. The number of aromatic nitrogens is 2. The molecule has 22 heavy (non-hydrogen) atoms. The van der Waals surface area contributed by atoms with Gasteiger partial charge in [-0.15, -0.1) is 0 Å². The molecule has 1 amide bonds. The van der Waals surface area contributed by atoms with Crippen molar-refractivity contribution in [1.29, 1.82) is 0 Å². The summed E-state index contributed by atoms with van der Waals surface area (Å²) < 4.78 is 0. The van der Waals surface area contributed by atoms with E-state index in [0.717, 1.165) is 17.8 Å². The van der Waals surface area contributed by atoms with Crippen LogP contribution in [0.25, 0.3) is 0 Å². The van der Waals surface area contributed by atoms with E-state index in [1.165, 1.54) is 0 Å². The number of hydrogen-bond acceptors (Lipinski definition) is 5. The van der Waals surface area contributed by atoms with Crippen LogP contribution in [0.1, 0.15) is 15.9 Å². The van der Waals surface area contributed by atoms with Crippen LogP contribution in [-0.2, 0) is 6.54 Å². The quantitative estimate of drug-likeness (QED) is 0.808. The molecule has 6 heteroatoms. The third kappa shape index (κ3) is 5.14. The third-order valence-electron chi connectivity index (χ3n) is 3.06. The van der Waals surface area contributed by atoms with Gasteiger partial charge in [0.15, 0.2) is 0 Å². The molecule has 0 aromatic carbocycles. The second-order valence-electron chi connectivity index (χ2n) is 5.24. The Morgan fingerprint density at radius 1 is 1.23 bits per heavy atom. The molecule has 2 rings (SSSR count). The lowest BCUT2D eigenvalue weighted by atomic mass is 10.2. The zero-order chi connectivity index (χ0) is 15.8. The smallest absolute Gasteiger partial charge is 0.252 e. The van der Waals surface area contributed by atoms with Gasteiger partial charge in [-0.1, -0.05) is 6.07 Å². The largest absolute Gasteiger partial charge is 0.380 e. The van der Waals surface area contributed by atoms with Gasteiger partial charge >= 0.3 is 0 Å². The first-order valence-electron chi connectivity index (χ1n) is 7.16. The van der Waals surface area contributed by atoms with Crippen LogP contribution in [0.2, 0.25) is 0 Å². The Labute approximate surface area is 130 Å². The molecule has 0 unspecified atom stereocenters. The molecule has 2 aromatic heterocycles. The van der Waals surface area contributed by atoms with Crippen LogP contribution >= 0.6 is 0 Å². The van der Waals surface area contributed by atoms with Crippen LogP contribution < -0.4 is 10.6 Å². The van der Waals surface area contributed by atoms with Gasteiger partial charge in [-0.2, -0.15) is 0 Å². The highest BCUT2D eigenvalue weighted by molar-refractivity contribution is 5.94. The lowest BCUT2D eigenvalue weighted by molar-refractivity contribution is 0.0950. The summed E-state index contributed by atoms with van der Waals surface area (Å²) in [5, 5.41) is 6.11. The molecule has 0 radical (unpaired) electrons. The minimum Gasteiger partial charge on any atom is -0.380 e. The Morgan fingerprint density at radius 2 is 2.09 bits per heavy atom. The Hall–Kier alpha value is -2.47. The monoisotopic (exact) mass is 299 g/mol. The van der Waals surface area contributed by atoms with E-state index < -0.39 is 0 Å². The fourth-order valence-corrected chi connectivity index (χ4v) is 1.86. The van der Waals surface area contributed by atoms with Crippen molar-refractivity contribution < 1.29 is 4.79 Å². The number of likely N-dealkylation sites (N-methyl/N-ethyl adjacent to an activating group) is 1. The summed E-state index contributed by atoms with van der Waals surface area (Å²) in [5.41, 5.74) is 2.43. The maximum absolute atomic E-state index is 12.0. The average Bonchev–Trinajstić information content (AvgIpc) is 2.54. The highest BCUT2D eigenvalue weighted by atomic mass is 16.1. The molecule has 116 valence electrons. The number of carbonyl (C=O) groups excluding carboxylic acids is 1. The molecule has 6 nitrogen and oxygen atoms in total. The number of nitrogens with zero attached hydrogens (tertiary/aromatic N) is 3. The molecule has 0 bridgehead atoms. The molecule has 0 aliphatic heterocycles. The first kappa shape index (κ1) is 15.9. The number of amides is 1. The number of carbonyl (C=O) groups is 1. The highest BCUT2D eigenvalue weighted by Crippen LogP contribution is 2.10. The SMILES string of the molecule is CN(C)CCNC(=O)c1cncc(NCc2cccnc2)c1. The van der Waals surface area contributed by atoms with E-state index in [0.29, 0.717) is 18.7 Å². The van der Waals surface area contributed by atoms with E-state index >= 15 is 0 Å². The van der Waals surface area contributed by atoms with E-state index in [4.69, 9.17) is 0 Å². The molecule has 0 fully saturated rings. The summed E-state index contributed by atoms with van der Waals surface area (Å²) >= 11 is 0. The van der Waals surface area contributed by atoms with Crippen molar-refractivity contribution in [2.75, 3.05) is 32.5 Å². The molecule has 0 saturated carbocycles. The second-order valence-corrected chi connectivity index (χ2v) is 5.24. The third-order valence-corrected chi connectivity index (χ3v) is 3.06. The molecule has 2 heterocycles. The summed E-state index contributed by atoms with van der Waals surface area (Å²) in [7, 11) is 3.94. The van der Waals surface area contributed by atoms with Crippen molar-refractivity contribution in [3.8, 4) is 0 Å². The lowest BCUT2D eigenvalue weighted by Crippen LogP contribution is -2.31. The zero-order valence-electron chi connectivity index (χ0n) is 12.9. The van der Waals surface area contributed by atoms with Crippen molar-refractivity contribution in [2.45, 2.75) is 6.54 Å². The van der Waals surface area contributed by atoms with Gasteiger partial charge in [0.05, 0.1) is 11.3 Å². The normalized spacial score (nSPS) is 10.5. The predicted molar refractivity (Wildman–Crippen MR) is 86.7 cm³/mol. The number of anilines is 1. The molecule has 0 aliphatic rings. The van der Waals surface area contributed by atoms with E-state index in [2.05, 4.69) is 20.6 Å². The molecule has 0 saturated heterocycles.